The van der Waals surface area contributed by atoms with Crippen LogP contribution in [-0.4, -0.2) is 34.6 Å². The zero-order valence-electron chi connectivity index (χ0n) is 15.3. The Morgan fingerprint density at radius 1 is 1.40 bits per heavy atom. The number of fused-ring (bicyclic) bond motifs is 2. The molecule has 2 heterocycles. The van der Waals surface area contributed by atoms with Crippen molar-refractivity contribution in [2.75, 3.05) is 0 Å². The van der Waals surface area contributed by atoms with Gasteiger partial charge in [0.05, 0.1) is 11.7 Å². The summed E-state index contributed by atoms with van der Waals surface area (Å²) in [5.41, 5.74) is 0.786. The van der Waals surface area contributed by atoms with E-state index < -0.39 is 5.60 Å². The maximum atomic E-state index is 12.0. The summed E-state index contributed by atoms with van der Waals surface area (Å²) in [5, 5.41) is 9.27. The first kappa shape index (κ1) is 18.4. The van der Waals surface area contributed by atoms with E-state index in [0.717, 1.165) is 19.3 Å². The van der Waals surface area contributed by atoms with Gasteiger partial charge in [-0.2, -0.15) is 0 Å². The molecule has 0 spiro atoms. The van der Waals surface area contributed by atoms with Crippen molar-refractivity contribution in [3.05, 3.63) is 36.0 Å². The standard InChI is InChI=1S/C20H28O5/c1-13-7-5-8-19(3,25-22)9-6-10-20(4)17(24-20)12-15-14(2)18(21)23-16(15)11-13/h6-7,9,15-17,22H,2,5,8,10-12H2,1,3-4H3. The van der Waals surface area contributed by atoms with Crippen molar-refractivity contribution in [2.24, 2.45) is 5.92 Å². The van der Waals surface area contributed by atoms with Gasteiger partial charge in [0.2, 0.25) is 0 Å². The van der Waals surface area contributed by atoms with E-state index in [2.05, 4.69) is 19.6 Å². The Labute approximate surface area is 149 Å². The maximum Gasteiger partial charge on any atom is 0.334 e. The highest BCUT2D eigenvalue weighted by Gasteiger charge is 2.54. The van der Waals surface area contributed by atoms with Crippen LogP contribution < -0.4 is 0 Å². The van der Waals surface area contributed by atoms with Crippen molar-refractivity contribution in [1.82, 2.24) is 0 Å². The molecule has 2 saturated heterocycles. The second kappa shape index (κ2) is 6.71. The monoisotopic (exact) mass is 348 g/mol. The Bertz CT molecular complexity index is 622. The molecule has 1 N–H and O–H groups in total. The lowest BCUT2D eigenvalue weighted by Crippen LogP contribution is -2.25. The van der Waals surface area contributed by atoms with Gasteiger partial charge in [-0.3, -0.25) is 5.26 Å². The van der Waals surface area contributed by atoms with Crippen LogP contribution in [0, 0.1) is 5.92 Å². The van der Waals surface area contributed by atoms with Crippen LogP contribution >= 0.6 is 0 Å². The number of esters is 1. The molecule has 0 amide bonds. The summed E-state index contributed by atoms with van der Waals surface area (Å²) in [6, 6.07) is 0. The smallest absolute Gasteiger partial charge is 0.334 e. The number of hydrogen-bond acceptors (Lipinski definition) is 5. The molecule has 2 aliphatic heterocycles. The van der Waals surface area contributed by atoms with Gasteiger partial charge in [-0.1, -0.05) is 30.4 Å². The lowest BCUT2D eigenvalue weighted by atomic mass is 9.85. The number of epoxide rings is 1. The third kappa shape index (κ3) is 3.89. The van der Waals surface area contributed by atoms with Gasteiger partial charge in [-0.15, -0.1) is 0 Å². The van der Waals surface area contributed by atoms with Gasteiger partial charge >= 0.3 is 5.97 Å². The highest BCUT2D eigenvalue weighted by atomic mass is 17.1. The minimum atomic E-state index is -0.710. The molecule has 3 aliphatic rings. The predicted octanol–water partition coefficient (Wildman–Crippen LogP) is 3.96. The molecule has 0 aromatic carbocycles. The molecule has 0 aromatic rings. The first-order valence-corrected chi connectivity index (χ1v) is 9.00. The van der Waals surface area contributed by atoms with Crippen LogP contribution in [0.1, 0.15) is 52.9 Å². The first-order valence-electron chi connectivity index (χ1n) is 9.00. The minimum Gasteiger partial charge on any atom is -0.458 e. The molecular weight excluding hydrogens is 320 g/mol. The van der Waals surface area contributed by atoms with E-state index in [1.54, 1.807) is 0 Å². The molecule has 5 atom stereocenters. The normalized spacial score (nSPS) is 42.1. The third-order valence-electron chi connectivity index (χ3n) is 5.78. The molecule has 5 heteroatoms. The van der Waals surface area contributed by atoms with E-state index in [0.29, 0.717) is 18.4 Å². The number of ether oxygens (including phenoxy) is 2. The Balaban J connectivity index is 1.82. The second-order valence-corrected chi connectivity index (χ2v) is 8.03. The average Bonchev–Trinajstić information content (AvgIpc) is 3.12. The fourth-order valence-electron chi connectivity index (χ4n) is 3.86. The quantitative estimate of drug-likeness (QED) is 0.194. The first-order chi connectivity index (χ1) is 11.8. The van der Waals surface area contributed by atoms with Crippen LogP contribution in [0.25, 0.3) is 0 Å². The van der Waals surface area contributed by atoms with Gasteiger partial charge in [0, 0.05) is 17.9 Å². The maximum absolute atomic E-state index is 12.0. The topological polar surface area (TPSA) is 68.3 Å². The average molecular weight is 348 g/mol. The van der Waals surface area contributed by atoms with E-state index in [9.17, 15) is 10.1 Å². The molecule has 0 radical (unpaired) electrons. The summed E-state index contributed by atoms with van der Waals surface area (Å²) in [6.45, 7) is 9.93. The van der Waals surface area contributed by atoms with Gasteiger partial charge in [0.1, 0.15) is 11.7 Å². The Hall–Kier alpha value is -1.43. The van der Waals surface area contributed by atoms with Gasteiger partial charge in [0.15, 0.2) is 0 Å². The van der Waals surface area contributed by atoms with Crippen molar-refractivity contribution in [1.29, 1.82) is 0 Å². The molecule has 3 rings (SSSR count). The van der Waals surface area contributed by atoms with Crippen molar-refractivity contribution >= 4 is 5.97 Å². The van der Waals surface area contributed by atoms with Crippen molar-refractivity contribution in [2.45, 2.75) is 76.3 Å². The molecule has 0 bridgehead atoms. The fraction of sp³-hybridized carbons (Fsp3) is 0.650. The Morgan fingerprint density at radius 3 is 2.88 bits per heavy atom. The van der Waals surface area contributed by atoms with Crippen LogP contribution in [0.5, 0.6) is 0 Å². The number of carbonyl (C=O) groups excluding carboxylic acids is 1. The number of hydrogen-bond donors (Lipinski definition) is 1. The van der Waals surface area contributed by atoms with Crippen molar-refractivity contribution in [3.63, 3.8) is 0 Å². The summed E-state index contributed by atoms with van der Waals surface area (Å²) in [5.74, 6) is -0.267. The van der Waals surface area contributed by atoms with Gasteiger partial charge < -0.3 is 9.47 Å². The van der Waals surface area contributed by atoms with E-state index >= 15 is 0 Å². The van der Waals surface area contributed by atoms with Crippen LogP contribution in [-0.2, 0) is 19.2 Å². The zero-order valence-corrected chi connectivity index (χ0v) is 15.3. The van der Waals surface area contributed by atoms with E-state index in [-0.39, 0.29) is 29.7 Å². The number of allylic oxidation sites excluding steroid dienone is 1. The summed E-state index contributed by atoms with van der Waals surface area (Å²) in [6.07, 6.45) is 9.61. The molecule has 25 heavy (non-hydrogen) atoms. The molecule has 5 unspecified atom stereocenters. The molecule has 2 fully saturated rings. The second-order valence-electron chi connectivity index (χ2n) is 8.03. The largest absolute Gasteiger partial charge is 0.458 e. The highest BCUT2D eigenvalue weighted by Crippen LogP contribution is 2.47. The zero-order chi connectivity index (χ0) is 18.2. The van der Waals surface area contributed by atoms with E-state index in [1.807, 2.05) is 26.0 Å². The van der Waals surface area contributed by atoms with Crippen LogP contribution in [0.4, 0.5) is 0 Å². The summed E-state index contributed by atoms with van der Waals surface area (Å²) in [4.78, 5) is 16.7. The molecule has 138 valence electrons. The number of rotatable bonds is 1. The van der Waals surface area contributed by atoms with Gasteiger partial charge in [0.25, 0.3) is 0 Å². The molecule has 5 nitrogen and oxygen atoms in total. The predicted molar refractivity (Wildman–Crippen MR) is 93.9 cm³/mol. The summed E-state index contributed by atoms with van der Waals surface area (Å²) in [7, 11) is 0. The molecule has 1 aliphatic carbocycles. The van der Waals surface area contributed by atoms with Crippen molar-refractivity contribution < 1.29 is 24.4 Å². The lowest BCUT2D eigenvalue weighted by Gasteiger charge is -2.22. The van der Waals surface area contributed by atoms with Crippen molar-refractivity contribution in [3.8, 4) is 0 Å². The molecule has 0 aromatic heterocycles. The Kier molecular flexibility index (Phi) is 4.93. The highest BCUT2D eigenvalue weighted by molar-refractivity contribution is 5.90. The Morgan fingerprint density at radius 2 is 2.16 bits per heavy atom. The van der Waals surface area contributed by atoms with Crippen LogP contribution in [0.15, 0.2) is 36.0 Å². The number of carbonyl (C=O) groups is 1. The van der Waals surface area contributed by atoms with Gasteiger partial charge in [-0.05, 0) is 46.5 Å². The SMILES string of the molecule is C=C1C(=O)OC2CC(C)=CCCC(C)(OO)C=CCC3(C)OC3CC12. The van der Waals surface area contributed by atoms with Crippen LogP contribution in [0.2, 0.25) is 0 Å². The fourth-order valence-corrected chi connectivity index (χ4v) is 3.86. The molecular formula is C20H28O5. The summed E-state index contributed by atoms with van der Waals surface area (Å²) >= 11 is 0. The third-order valence-corrected chi connectivity index (χ3v) is 5.78. The van der Waals surface area contributed by atoms with E-state index in [1.165, 1.54) is 5.57 Å². The lowest BCUT2D eigenvalue weighted by molar-refractivity contribution is -0.303. The van der Waals surface area contributed by atoms with Crippen LogP contribution in [0.3, 0.4) is 0 Å². The van der Waals surface area contributed by atoms with E-state index in [4.69, 9.17) is 14.4 Å². The molecule has 0 saturated carbocycles. The minimum absolute atomic E-state index is 0.0145. The summed E-state index contributed by atoms with van der Waals surface area (Å²) < 4.78 is 11.5. The van der Waals surface area contributed by atoms with Gasteiger partial charge in [-0.25, -0.2) is 9.68 Å².